The third kappa shape index (κ3) is 2.35. The Labute approximate surface area is 110 Å². The van der Waals surface area contributed by atoms with Crippen LogP contribution in [-0.2, 0) is 9.73 Å². The maximum Gasteiger partial charge on any atom is 0.192 e. The average Bonchev–Trinajstić information content (AvgIpc) is 2.38. The number of hydrogen-bond acceptors (Lipinski definition) is 7. The second kappa shape index (κ2) is 5.04. The summed E-state index contributed by atoms with van der Waals surface area (Å²) in [6.07, 6.45) is 1.16. The topological polar surface area (TPSA) is 112 Å². The minimum Gasteiger partial charge on any atom is -0.484 e. The average molecular weight is 267 g/mol. The highest BCUT2D eigenvalue weighted by Crippen LogP contribution is 2.38. The molecule has 2 heterocycles. The van der Waals surface area contributed by atoms with Crippen molar-refractivity contribution in [1.29, 1.82) is 5.41 Å². The van der Waals surface area contributed by atoms with Gasteiger partial charge in [0.05, 0.1) is 12.4 Å². The molecule has 0 saturated carbocycles. The molecule has 2 rings (SSSR count). The first-order valence-electron chi connectivity index (χ1n) is 6.05. The molecule has 0 amide bonds. The van der Waals surface area contributed by atoms with Crippen LogP contribution < -0.4 is 0 Å². The molecule has 104 valence electrons. The van der Waals surface area contributed by atoms with E-state index in [0.717, 1.165) is 0 Å². The molecular formula is C11H17N5O3. The van der Waals surface area contributed by atoms with Gasteiger partial charge in [-0.15, -0.1) is 5.11 Å². The van der Waals surface area contributed by atoms with Gasteiger partial charge in [-0.2, -0.15) is 10.2 Å². The highest BCUT2D eigenvalue weighted by molar-refractivity contribution is 6.10. The van der Waals surface area contributed by atoms with Gasteiger partial charge in [-0.05, 0) is 12.8 Å². The van der Waals surface area contributed by atoms with Crippen molar-refractivity contribution >= 4 is 17.6 Å². The van der Waals surface area contributed by atoms with Gasteiger partial charge in [0.25, 0.3) is 0 Å². The van der Waals surface area contributed by atoms with E-state index in [2.05, 4.69) is 25.4 Å². The Morgan fingerprint density at radius 2 is 2.00 bits per heavy atom. The van der Waals surface area contributed by atoms with Crippen LogP contribution in [0.25, 0.3) is 0 Å². The van der Waals surface area contributed by atoms with Gasteiger partial charge >= 0.3 is 0 Å². The van der Waals surface area contributed by atoms with E-state index in [1.165, 1.54) is 0 Å². The van der Waals surface area contributed by atoms with Crippen LogP contribution in [0.2, 0.25) is 0 Å². The first-order valence-corrected chi connectivity index (χ1v) is 6.05. The van der Waals surface area contributed by atoms with Crippen molar-refractivity contribution in [2.45, 2.75) is 32.2 Å². The predicted octanol–water partition coefficient (Wildman–Crippen LogP) is 2.08. The normalized spacial score (nSPS) is 34.6. The lowest BCUT2D eigenvalue weighted by Crippen LogP contribution is -2.48. The van der Waals surface area contributed by atoms with Gasteiger partial charge < -0.3 is 4.74 Å². The Morgan fingerprint density at radius 1 is 1.32 bits per heavy atom. The predicted molar refractivity (Wildman–Crippen MR) is 68.5 cm³/mol. The molecule has 0 aromatic rings. The lowest BCUT2D eigenvalue weighted by atomic mass is 9.76. The fourth-order valence-corrected chi connectivity index (χ4v) is 2.60. The third-order valence-corrected chi connectivity index (χ3v) is 3.51. The van der Waals surface area contributed by atoms with Gasteiger partial charge in [-0.1, -0.05) is 13.8 Å². The summed E-state index contributed by atoms with van der Waals surface area (Å²) in [6.45, 7) is 3.88. The maximum atomic E-state index is 8.36. The number of hydrogen-bond donors (Lipinski definition) is 2. The molecule has 0 bridgehead atoms. The molecule has 2 aliphatic rings. The van der Waals surface area contributed by atoms with E-state index in [4.69, 9.17) is 15.4 Å². The SMILES string of the molecule is COC1=NC2=NC(=N)C(C)CC2(N=NOO)CC1C. The molecule has 0 spiro atoms. The van der Waals surface area contributed by atoms with Gasteiger partial charge in [0, 0.05) is 11.8 Å². The number of nitrogens with zero attached hydrogens (tertiary/aromatic N) is 4. The molecule has 0 saturated heterocycles. The first-order chi connectivity index (χ1) is 9.02. The van der Waals surface area contributed by atoms with Gasteiger partial charge in [0.15, 0.2) is 11.7 Å². The third-order valence-electron chi connectivity index (χ3n) is 3.51. The van der Waals surface area contributed by atoms with Crippen LogP contribution >= 0.6 is 0 Å². The minimum atomic E-state index is -0.756. The highest BCUT2D eigenvalue weighted by atomic mass is 17.2. The van der Waals surface area contributed by atoms with Crippen LogP contribution in [0.15, 0.2) is 20.4 Å². The van der Waals surface area contributed by atoms with E-state index in [0.29, 0.717) is 24.6 Å². The number of rotatable bonds is 2. The number of methoxy groups -OCH3 is 1. The van der Waals surface area contributed by atoms with Crippen LogP contribution in [0.1, 0.15) is 26.7 Å². The summed E-state index contributed by atoms with van der Waals surface area (Å²) < 4.78 is 5.21. The van der Waals surface area contributed by atoms with Crippen molar-refractivity contribution < 1.29 is 15.0 Å². The molecule has 0 aromatic heterocycles. The molecule has 0 fully saturated rings. The standard InChI is InChI=1S/C11H17N5O3/c1-6-4-11(15-16-19-17)5-7(2)9(18-3)14-10(11)13-8(6)12/h6-7,12,17H,4-5H2,1-3H3. The maximum absolute atomic E-state index is 8.36. The molecule has 19 heavy (non-hydrogen) atoms. The second-order valence-corrected chi connectivity index (χ2v) is 4.98. The monoisotopic (exact) mass is 267 g/mol. The van der Waals surface area contributed by atoms with Crippen molar-refractivity contribution in [3.63, 3.8) is 0 Å². The van der Waals surface area contributed by atoms with Crippen LogP contribution in [0.3, 0.4) is 0 Å². The number of ether oxygens (including phenoxy) is 1. The Bertz CT molecular complexity index is 473. The van der Waals surface area contributed by atoms with Crippen LogP contribution in [0.4, 0.5) is 0 Å². The van der Waals surface area contributed by atoms with Crippen molar-refractivity contribution in [2.75, 3.05) is 7.11 Å². The van der Waals surface area contributed by atoms with E-state index in [1.54, 1.807) is 7.11 Å². The molecule has 2 N–H and O–H groups in total. The molecule has 0 aromatic carbocycles. The molecule has 8 heteroatoms. The first kappa shape index (κ1) is 13.6. The van der Waals surface area contributed by atoms with E-state index in [1.807, 2.05) is 13.8 Å². The van der Waals surface area contributed by atoms with Crippen LogP contribution in [-0.4, -0.2) is 35.5 Å². The fourth-order valence-electron chi connectivity index (χ4n) is 2.60. The second-order valence-electron chi connectivity index (χ2n) is 4.98. The zero-order chi connectivity index (χ0) is 14.0. The molecule has 3 unspecified atom stereocenters. The smallest absolute Gasteiger partial charge is 0.192 e. The summed E-state index contributed by atoms with van der Waals surface area (Å²) in [5.74, 6) is 1.23. The summed E-state index contributed by atoms with van der Waals surface area (Å²) in [5.41, 5.74) is -0.756. The summed E-state index contributed by atoms with van der Waals surface area (Å²) >= 11 is 0. The van der Waals surface area contributed by atoms with Gasteiger partial charge in [-0.3, -0.25) is 5.41 Å². The molecule has 0 aliphatic carbocycles. The van der Waals surface area contributed by atoms with Crippen molar-refractivity contribution in [3.8, 4) is 0 Å². The summed E-state index contributed by atoms with van der Waals surface area (Å²) in [6, 6.07) is 0. The number of nitrogens with one attached hydrogen (secondary N) is 1. The Kier molecular flexibility index (Phi) is 3.61. The number of fused-ring (bicyclic) bond motifs is 1. The lowest BCUT2D eigenvalue weighted by Gasteiger charge is -2.38. The molecule has 8 nitrogen and oxygen atoms in total. The van der Waals surface area contributed by atoms with Gasteiger partial charge in [0.2, 0.25) is 0 Å². The summed E-state index contributed by atoms with van der Waals surface area (Å²) in [7, 11) is 1.55. The largest absolute Gasteiger partial charge is 0.484 e. The Hall–Kier alpha value is -1.83. The minimum absolute atomic E-state index is 0.0483. The van der Waals surface area contributed by atoms with Crippen LogP contribution in [0, 0.1) is 17.2 Å². The van der Waals surface area contributed by atoms with Crippen molar-refractivity contribution in [3.05, 3.63) is 0 Å². The van der Waals surface area contributed by atoms with Crippen LogP contribution in [0.5, 0.6) is 0 Å². The molecule has 0 radical (unpaired) electrons. The van der Waals surface area contributed by atoms with Crippen molar-refractivity contribution in [1.82, 2.24) is 0 Å². The Balaban J connectivity index is 2.48. The van der Waals surface area contributed by atoms with E-state index < -0.39 is 5.54 Å². The zero-order valence-corrected chi connectivity index (χ0v) is 11.1. The molecule has 2 aliphatic heterocycles. The fraction of sp³-hybridized carbons (Fsp3) is 0.727. The quantitative estimate of drug-likeness (QED) is 0.453. The zero-order valence-electron chi connectivity index (χ0n) is 11.1. The van der Waals surface area contributed by atoms with E-state index in [9.17, 15) is 0 Å². The van der Waals surface area contributed by atoms with Crippen molar-refractivity contribution in [2.24, 2.45) is 32.2 Å². The number of amidine groups is 2. The summed E-state index contributed by atoms with van der Waals surface area (Å²) in [4.78, 5) is 12.2. The summed E-state index contributed by atoms with van der Waals surface area (Å²) in [5, 5.41) is 23.4. The van der Waals surface area contributed by atoms with E-state index in [-0.39, 0.29) is 17.7 Å². The van der Waals surface area contributed by atoms with E-state index >= 15 is 0 Å². The van der Waals surface area contributed by atoms with Gasteiger partial charge in [-0.25, -0.2) is 9.98 Å². The molecule has 3 atom stereocenters. The highest BCUT2D eigenvalue weighted by Gasteiger charge is 2.47. The van der Waals surface area contributed by atoms with Gasteiger partial charge in [0.1, 0.15) is 11.4 Å². The molecular weight excluding hydrogens is 250 g/mol. The number of aliphatic imine (C=N–C) groups is 2. The lowest BCUT2D eigenvalue weighted by molar-refractivity contribution is -0.252. The Morgan fingerprint density at radius 3 is 2.63 bits per heavy atom.